The van der Waals surface area contributed by atoms with E-state index in [1.54, 1.807) is 12.1 Å². The van der Waals surface area contributed by atoms with Crippen LogP contribution in [0.5, 0.6) is 0 Å². The van der Waals surface area contributed by atoms with Crippen molar-refractivity contribution in [1.29, 1.82) is 0 Å². The van der Waals surface area contributed by atoms with Crippen LogP contribution in [0.1, 0.15) is 35.1 Å². The lowest BCUT2D eigenvalue weighted by molar-refractivity contribution is -0.133. The van der Waals surface area contributed by atoms with Crippen LogP contribution in [-0.4, -0.2) is 40.6 Å². The normalized spacial score (nSPS) is 10.6. The first-order valence-corrected chi connectivity index (χ1v) is 8.18. The van der Waals surface area contributed by atoms with Gasteiger partial charge in [0.25, 0.3) is 5.91 Å². The van der Waals surface area contributed by atoms with Crippen LogP contribution in [0.15, 0.2) is 24.3 Å². The van der Waals surface area contributed by atoms with Gasteiger partial charge < -0.3 is 9.64 Å². The highest BCUT2D eigenvalue weighted by Gasteiger charge is 2.18. The summed E-state index contributed by atoms with van der Waals surface area (Å²) >= 11 is 5.94. The summed E-state index contributed by atoms with van der Waals surface area (Å²) in [5, 5.41) is 6.83. The lowest BCUT2D eigenvalue weighted by Gasteiger charge is -2.18. The second-order valence-electron chi connectivity index (χ2n) is 5.55. The number of likely N-dealkylation sites (N-methyl/N-ethyl adjacent to an activating group) is 1. The number of rotatable bonds is 7. The molecule has 0 fully saturated rings. The highest BCUT2D eigenvalue weighted by atomic mass is 35.5. The molecule has 0 saturated heterocycles. The van der Waals surface area contributed by atoms with Crippen LogP contribution in [0.2, 0.25) is 5.02 Å². The highest BCUT2D eigenvalue weighted by Crippen LogP contribution is 2.20. The maximum atomic E-state index is 13.8. The molecule has 0 aliphatic rings. The van der Waals surface area contributed by atoms with E-state index < -0.39 is 24.3 Å². The van der Waals surface area contributed by atoms with E-state index in [4.69, 9.17) is 16.3 Å². The molecule has 1 aromatic carbocycles. The van der Waals surface area contributed by atoms with Gasteiger partial charge in [-0.15, -0.1) is 0 Å². The number of aromatic amines is 1. The van der Waals surface area contributed by atoms with Gasteiger partial charge >= 0.3 is 5.97 Å². The van der Waals surface area contributed by atoms with Crippen molar-refractivity contribution in [2.24, 2.45) is 0 Å². The largest absolute Gasteiger partial charge is 0.451 e. The van der Waals surface area contributed by atoms with Crippen molar-refractivity contribution in [1.82, 2.24) is 15.1 Å². The summed E-state index contributed by atoms with van der Waals surface area (Å²) in [6, 6.07) is 5.90. The van der Waals surface area contributed by atoms with Crippen molar-refractivity contribution in [3.05, 3.63) is 52.1 Å². The predicted octanol–water partition coefficient (Wildman–Crippen LogP) is 2.97. The standard InChI is InChI=1S/C17H19ClFN3O3/c1-3-5-11-8-15(21-20-11)17(24)25-10-16(23)22(2)9-12-13(18)6-4-7-14(12)19/h4,6-8H,3,5,9-10H2,1-2H3,(H,20,21). The lowest BCUT2D eigenvalue weighted by atomic mass is 10.2. The Labute approximate surface area is 149 Å². The van der Waals surface area contributed by atoms with Crippen molar-refractivity contribution in [2.45, 2.75) is 26.3 Å². The molecule has 134 valence electrons. The zero-order valence-corrected chi connectivity index (χ0v) is 14.8. The van der Waals surface area contributed by atoms with Crippen molar-refractivity contribution >= 4 is 23.5 Å². The maximum absolute atomic E-state index is 13.8. The Kier molecular flexibility index (Phi) is 6.52. The van der Waals surface area contributed by atoms with Gasteiger partial charge in [0.15, 0.2) is 12.3 Å². The Morgan fingerprint density at radius 3 is 2.84 bits per heavy atom. The molecular formula is C17H19ClFN3O3. The van der Waals surface area contributed by atoms with E-state index in [9.17, 15) is 14.0 Å². The number of nitrogens with zero attached hydrogens (tertiary/aromatic N) is 2. The number of carbonyl (C=O) groups excluding carboxylic acids is 2. The van der Waals surface area contributed by atoms with E-state index in [1.807, 2.05) is 6.92 Å². The molecule has 2 aromatic rings. The summed E-state index contributed by atoms with van der Waals surface area (Å²) in [7, 11) is 1.48. The Morgan fingerprint density at radius 1 is 1.40 bits per heavy atom. The van der Waals surface area contributed by atoms with Crippen LogP contribution in [0.3, 0.4) is 0 Å². The van der Waals surface area contributed by atoms with E-state index in [2.05, 4.69) is 10.2 Å². The number of halogens is 2. The van der Waals surface area contributed by atoms with E-state index in [0.29, 0.717) is 0 Å². The third kappa shape index (κ3) is 5.03. The number of H-pyrrole nitrogens is 1. The molecular weight excluding hydrogens is 349 g/mol. The zero-order chi connectivity index (χ0) is 18.4. The van der Waals surface area contributed by atoms with Gasteiger partial charge in [0, 0.05) is 29.9 Å². The molecule has 0 aliphatic heterocycles. The number of aryl methyl sites for hydroxylation is 1. The molecule has 0 aliphatic carbocycles. The molecule has 2 rings (SSSR count). The van der Waals surface area contributed by atoms with Crippen LogP contribution >= 0.6 is 11.6 Å². The Bertz CT molecular complexity index is 743. The van der Waals surface area contributed by atoms with Crippen LogP contribution in [0, 0.1) is 5.82 Å². The van der Waals surface area contributed by atoms with Gasteiger partial charge in [-0.25, -0.2) is 9.18 Å². The monoisotopic (exact) mass is 367 g/mol. The molecule has 0 saturated carbocycles. The highest BCUT2D eigenvalue weighted by molar-refractivity contribution is 6.31. The van der Waals surface area contributed by atoms with Crippen molar-refractivity contribution < 1.29 is 18.7 Å². The van der Waals surface area contributed by atoms with Crippen LogP contribution in [0.4, 0.5) is 4.39 Å². The minimum atomic E-state index is -0.690. The number of amides is 1. The molecule has 1 aromatic heterocycles. The second kappa shape index (κ2) is 8.62. The van der Waals surface area contributed by atoms with Crippen molar-refractivity contribution in [3.8, 4) is 0 Å². The predicted molar refractivity (Wildman–Crippen MR) is 90.7 cm³/mol. The van der Waals surface area contributed by atoms with Gasteiger partial charge in [-0.3, -0.25) is 9.89 Å². The van der Waals surface area contributed by atoms with Crippen LogP contribution in [-0.2, 0) is 22.5 Å². The van der Waals surface area contributed by atoms with Gasteiger partial charge in [-0.2, -0.15) is 5.10 Å². The number of ether oxygens (including phenoxy) is 1. The van der Waals surface area contributed by atoms with Gasteiger partial charge in [-0.05, 0) is 24.6 Å². The third-order valence-electron chi connectivity index (χ3n) is 3.57. The fourth-order valence-electron chi connectivity index (χ4n) is 2.18. The summed E-state index contributed by atoms with van der Waals surface area (Å²) in [5.74, 6) is -1.66. The number of hydrogen-bond donors (Lipinski definition) is 1. The molecule has 25 heavy (non-hydrogen) atoms. The summed E-state index contributed by atoms with van der Waals surface area (Å²) in [4.78, 5) is 25.2. The number of esters is 1. The molecule has 1 heterocycles. The van der Waals surface area contributed by atoms with Crippen molar-refractivity contribution in [2.75, 3.05) is 13.7 Å². The van der Waals surface area contributed by atoms with Gasteiger partial charge in [0.2, 0.25) is 0 Å². The summed E-state index contributed by atoms with van der Waals surface area (Å²) in [6.45, 7) is 1.53. The molecule has 0 radical (unpaired) electrons. The summed E-state index contributed by atoms with van der Waals surface area (Å²) in [6.07, 6.45) is 1.68. The number of hydrogen-bond acceptors (Lipinski definition) is 4. The minimum absolute atomic E-state index is 0.0229. The van der Waals surface area contributed by atoms with E-state index in [-0.39, 0.29) is 22.8 Å². The molecule has 0 bridgehead atoms. The quantitative estimate of drug-likeness (QED) is 0.763. The third-order valence-corrected chi connectivity index (χ3v) is 3.92. The zero-order valence-electron chi connectivity index (χ0n) is 14.0. The molecule has 6 nitrogen and oxygen atoms in total. The van der Waals surface area contributed by atoms with Crippen molar-refractivity contribution in [3.63, 3.8) is 0 Å². The summed E-state index contributed by atoms with van der Waals surface area (Å²) < 4.78 is 18.7. The molecule has 1 amide bonds. The molecule has 1 N–H and O–H groups in total. The molecule has 0 unspecified atom stereocenters. The fourth-order valence-corrected chi connectivity index (χ4v) is 2.41. The summed E-state index contributed by atoms with van der Waals surface area (Å²) in [5.41, 5.74) is 1.16. The first kappa shape index (κ1) is 18.9. The average Bonchev–Trinajstić information content (AvgIpc) is 3.04. The van der Waals surface area contributed by atoms with Crippen LogP contribution in [0.25, 0.3) is 0 Å². The fraction of sp³-hybridized carbons (Fsp3) is 0.353. The average molecular weight is 368 g/mol. The maximum Gasteiger partial charge on any atom is 0.359 e. The van der Waals surface area contributed by atoms with Gasteiger partial charge in [0.1, 0.15) is 5.82 Å². The first-order chi connectivity index (χ1) is 11.9. The smallest absolute Gasteiger partial charge is 0.359 e. The molecule has 0 atom stereocenters. The first-order valence-electron chi connectivity index (χ1n) is 7.80. The van der Waals surface area contributed by atoms with E-state index in [1.165, 1.54) is 24.1 Å². The number of carbonyl (C=O) groups is 2. The molecule has 0 spiro atoms. The number of aromatic nitrogens is 2. The topological polar surface area (TPSA) is 75.3 Å². The minimum Gasteiger partial charge on any atom is -0.451 e. The molecule has 8 heteroatoms. The number of benzene rings is 1. The lowest BCUT2D eigenvalue weighted by Crippen LogP contribution is -2.31. The second-order valence-corrected chi connectivity index (χ2v) is 5.96. The van der Waals surface area contributed by atoms with E-state index in [0.717, 1.165) is 18.5 Å². The van der Waals surface area contributed by atoms with Crippen LogP contribution < -0.4 is 0 Å². The van der Waals surface area contributed by atoms with E-state index >= 15 is 0 Å². The number of nitrogens with one attached hydrogen (secondary N) is 1. The Hall–Kier alpha value is -2.41. The van der Waals surface area contributed by atoms with Gasteiger partial charge in [-0.1, -0.05) is 31.0 Å². The SMILES string of the molecule is CCCc1cc(C(=O)OCC(=O)N(C)Cc2c(F)cccc2Cl)n[nH]1. The Balaban J connectivity index is 1.89. The Morgan fingerprint density at radius 2 is 2.16 bits per heavy atom. The van der Waals surface area contributed by atoms with Gasteiger partial charge in [0.05, 0.1) is 0 Å².